The van der Waals surface area contributed by atoms with Crippen LogP contribution in [-0.4, -0.2) is 16.0 Å². The number of nitrogens with one attached hydrogen (secondary N) is 2. The van der Waals surface area contributed by atoms with Crippen LogP contribution in [0, 0.1) is 0 Å². The number of hydrazine groups is 1. The molecule has 0 atom stereocenters. The van der Waals surface area contributed by atoms with E-state index in [4.69, 9.17) is 23.2 Å². The lowest BCUT2D eigenvalue weighted by Gasteiger charge is -2.28. The van der Waals surface area contributed by atoms with Gasteiger partial charge in [0.1, 0.15) is 5.82 Å². The van der Waals surface area contributed by atoms with Crippen LogP contribution in [0.1, 0.15) is 11.1 Å². The fourth-order valence-electron chi connectivity index (χ4n) is 2.47. The maximum atomic E-state index is 12.9. The van der Waals surface area contributed by atoms with Gasteiger partial charge in [-0.25, -0.2) is 4.98 Å². The molecule has 0 unspecified atom stereocenters. The number of carbonyl (C=O) groups is 1. The standard InChI is InChI=1S/C19H14BrCl2N3O2/c20-14-5-10-17(23-11-14)24-25-18(26)19(27,12-1-6-15(21)7-2-12)13-3-8-16(22)9-4-13/h1-11,27H,(H,23,24)(H,25,26). The third kappa shape index (κ3) is 4.42. The Kier molecular flexibility index (Phi) is 6.01. The van der Waals surface area contributed by atoms with Gasteiger partial charge in [-0.15, -0.1) is 0 Å². The van der Waals surface area contributed by atoms with Gasteiger partial charge < -0.3 is 5.11 Å². The Morgan fingerprint density at radius 1 is 0.926 bits per heavy atom. The Labute approximate surface area is 174 Å². The molecule has 0 saturated heterocycles. The van der Waals surface area contributed by atoms with Crippen molar-refractivity contribution in [1.29, 1.82) is 0 Å². The highest BCUT2D eigenvalue weighted by atomic mass is 79.9. The highest BCUT2D eigenvalue weighted by molar-refractivity contribution is 9.10. The summed E-state index contributed by atoms with van der Waals surface area (Å²) in [7, 11) is 0. The number of amides is 1. The van der Waals surface area contributed by atoms with Gasteiger partial charge in [-0.05, 0) is 63.5 Å². The zero-order chi connectivity index (χ0) is 19.4. The van der Waals surface area contributed by atoms with E-state index in [0.717, 1.165) is 4.47 Å². The molecule has 0 aliphatic carbocycles. The molecule has 5 nitrogen and oxygen atoms in total. The molecule has 0 fully saturated rings. The van der Waals surface area contributed by atoms with Crippen molar-refractivity contribution in [3.8, 4) is 0 Å². The lowest BCUT2D eigenvalue weighted by atomic mass is 9.85. The zero-order valence-corrected chi connectivity index (χ0v) is 16.9. The molecule has 0 radical (unpaired) electrons. The van der Waals surface area contributed by atoms with E-state index in [1.165, 1.54) is 0 Å². The lowest BCUT2D eigenvalue weighted by molar-refractivity contribution is -0.136. The topological polar surface area (TPSA) is 74.2 Å². The third-order valence-corrected chi connectivity index (χ3v) is 4.86. The Hall–Kier alpha value is -2.12. The van der Waals surface area contributed by atoms with E-state index < -0.39 is 11.5 Å². The van der Waals surface area contributed by atoms with Gasteiger partial charge in [0.25, 0.3) is 5.91 Å². The van der Waals surface area contributed by atoms with Crippen LogP contribution in [0.5, 0.6) is 0 Å². The molecule has 27 heavy (non-hydrogen) atoms. The van der Waals surface area contributed by atoms with Crippen LogP contribution in [0.2, 0.25) is 10.0 Å². The number of benzene rings is 2. The monoisotopic (exact) mass is 465 g/mol. The van der Waals surface area contributed by atoms with Crippen LogP contribution in [0.25, 0.3) is 0 Å². The first-order valence-corrected chi connectivity index (χ1v) is 9.37. The van der Waals surface area contributed by atoms with E-state index >= 15 is 0 Å². The molecule has 1 heterocycles. The number of hydrogen-bond donors (Lipinski definition) is 3. The number of aromatic nitrogens is 1. The number of carbonyl (C=O) groups excluding carboxylic acids is 1. The maximum absolute atomic E-state index is 12.9. The van der Waals surface area contributed by atoms with E-state index in [1.54, 1.807) is 66.9 Å². The summed E-state index contributed by atoms with van der Waals surface area (Å²) in [6.07, 6.45) is 1.58. The van der Waals surface area contributed by atoms with Gasteiger partial charge in [0, 0.05) is 20.7 Å². The minimum Gasteiger partial charge on any atom is -0.372 e. The average Bonchev–Trinajstić information content (AvgIpc) is 2.68. The van der Waals surface area contributed by atoms with Crippen molar-refractivity contribution in [3.63, 3.8) is 0 Å². The average molecular weight is 467 g/mol. The normalized spacial score (nSPS) is 11.1. The SMILES string of the molecule is O=C(NNc1ccc(Br)cn1)C(O)(c1ccc(Cl)cc1)c1ccc(Cl)cc1. The molecule has 0 aliphatic heterocycles. The van der Waals surface area contributed by atoms with Crippen molar-refractivity contribution in [2.75, 3.05) is 5.43 Å². The van der Waals surface area contributed by atoms with Gasteiger partial charge in [-0.2, -0.15) is 0 Å². The Bertz CT molecular complexity index is 887. The summed E-state index contributed by atoms with van der Waals surface area (Å²) in [5.74, 6) is -0.266. The van der Waals surface area contributed by atoms with E-state index in [-0.39, 0.29) is 0 Å². The molecular weight excluding hydrogens is 453 g/mol. The van der Waals surface area contributed by atoms with Crippen LogP contribution in [0.3, 0.4) is 0 Å². The van der Waals surface area contributed by atoms with Gasteiger partial charge in [0.2, 0.25) is 0 Å². The first-order valence-electron chi connectivity index (χ1n) is 7.82. The highest BCUT2D eigenvalue weighted by Crippen LogP contribution is 2.31. The zero-order valence-electron chi connectivity index (χ0n) is 13.8. The molecule has 138 valence electrons. The van der Waals surface area contributed by atoms with Crippen molar-refractivity contribution in [1.82, 2.24) is 10.4 Å². The van der Waals surface area contributed by atoms with Crippen molar-refractivity contribution < 1.29 is 9.90 Å². The summed E-state index contributed by atoms with van der Waals surface area (Å²) in [5.41, 5.74) is 3.95. The Morgan fingerprint density at radius 2 is 1.44 bits per heavy atom. The molecule has 0 aliphatic rings. The number of pyridine rings is 1. The van der Waals surface area contributed by atoms with E-state index in [2.05, 4.69) is 31.8 Å². The molecule has 3 N–H and O–H groups in total. The predicted molar refractivity (Wildman–Crippen MR) is 110 cm³/mol. The van der Waals surface area contributed by atoms with Crippen LogP contribution in [0.15, 0.2) is 71.3 Å². The van der Waals surface area contributed by atoms with Crippen LogP contribution in [-0.2, 0) is 10.4 Å². The van der Waals surface area contributed by atoms with Crippen LogP contribution >= 0.6 is 39.1 Å². The molecule has 0 spiro atoms. The molecule has 0 bridgehead atoms. The molecule has 0 saturated carbocycles. The number of rotatable bonds is 5. The van der Waals surface area contributed by atoms with E-state index in [1.807, 2.05) is 0 Å². The van der Waals surface area contributed by atoms with Crippen LogP contribution < -0.4 is 10.9 Å². The molecule has 1 amide bonds. The lowest BCUT2D eigenvalue weighted by Crippen LogP contribution is -2.47. The Morgan fingerprint density at radius 3 is 1.89 bits per heavy atom. The van der Waals surface area contributed by atoms with Crippen molar-refractivity contribution in [2.24, 2.45) is 0 Å². The van der Waals surface area contributed by atoms with E-state index in [9.17, 15) is 9.90 Å². The second-order valence-electron chi connectivity index (χ2n) is 5.66. The van der Waals surface area contributed by atoms with Crippen molar-refractivity contribution in [2.45, 2.75) is 5.60 Å². The summed E-state index contributed by atoms with van der Waals surface area (Å²) in [5, 5.41) is 12.4. The Balaban J connectivity index is 1.93. The van der Waals surface area contributed by atoms with Gasteiger partial charge in [0.15, 0.2) is 5.60 Å². The van der Waals surface area contributed by atoms with Crippen LogP contribution in [0.4, 0.5) is 5.82 Å². The molecule has 8 heteroatoms. The summed E-state index contributed by atoms with van der Waals surface area (Å²) >= 11 is 15.2. The van der Waals surface area contributed by atoms with Crippen molar-refractivity contribution >= 4 is 50.9 Å². The largest absolute Gasteiger partial charge is 0.372 e. The third-order valence-electron chi connectivity index (χ3n) is 3.88. The molecule has 3 rings (SSSR count). The minimum absolute atomic E-state index is 0.359. The number of hydrogen-bond acceptors (Lipinski definition) is 4. The highest BCUT2D eigenvalue weighted by Gasteiger charge is 2.40. The second-order valence-corrected chi connectivity index (χ2v) is 7.45. The minimum atomic E-state index is -1.96. The van der Waals surface area contributed by atoms with Gasteiger partial charge in [0.05, 0.1) is 0 Å². The van der Waals surface area contributed by atoms with Gasteiger partial charge in [-0.3, -0.25) is 15.6 Å². The molecule has 2 aromatic carbocycles. The number of nitrogens with zero attached hydrogens (tertiary/aromatic N) is 1. The molecular formula is C19H14BrCl2N3O2. The summed E-state index contributed by atoms with van der Waals surface area (Å²) in [4.78, 5) is 17.1. The maximum Gasteiger partial charge on any atom is 0.279 e. The second kappa shape index (κ2) is 8.27. The van der Waals surface area contributed by atoms with Gasteiger partial charge in [-0.1, -0.05) is 47.5 Å². The number of anilines is 1. The first kappa shape index (κ1) is 19.6. The smallest absolute Gasteiger partial charge is 0.279 e. The predicted octanol–water partition coefficient (Wildman–Crippen LogP) is 4.53. The fraction of sp³-hybridized carbons (Fsp3) is 0.0526. The summed E-state index contributed by atoms with van der Waals surface area (Å²) < 4.78 is 0.804. The molecule has 1 aromatic heterocycles. The summed E-state index contributed by atoms with van der Waals surface area (Å²) in [6, 6.07) is 16.2. The van der Waals surface area contributed by atoms with Crippen molar-refractivity contribution in [3.05, 3.63) is 92.5 Å². The van der Waals surface area contributed by atoms with E-state index in [0.29, 0.717) is 27.0 Å². The number of aliphatic hydroxyl groups is 1. The molecule has 3 aromatic rings. The summed E-state index contributed by atoms with van der Waals surface area (Å²) in [6.45, 7) is 0. The quantitative estimate of drug-likeness (QED) is 0.483. The first-order chi connectivity index (χ1) is 12.9. The fourth-order valence-corrected chi connectivity index (χ4v) is 2.96. The van der Waals surface area contributed by atoms with Gasteiger partial charge >= 0.3 is 0 Å². The number of halogens is 3.